The Bertz CT molecular complexity index is 797. The van der Waals surface area contributed by atoms with Crippen LogP contribution in [0.2, 0.25) is 0 Å². The molecule has 0 aliphatic carbocycles. The lowest BCUT2D eigenvalue weighted by Gasteiger charge is -2.13. The van der Waals surface area contributed by atoms with Crippen molar-refractivity contribution in [2.45, 2.75) is 13.0 Å². The van der Waals surface area contributed by atoms with E-state index in [-0.39, 0.29) is 17.8 Å². The summed E-state index contributed by atoms with van der Waals surface area (Å²) in [5.41, 5.74) is 1.86. The zero-order valence-corrected chi connectivity index (χ0v) is 11.4. The molecule has 2 N–H and O–H groups in total. The number of rotatable bonds is 3. The molecule has 5 heteroatoms. The van der Waals surface area contributed by atoms with Crippen molar-refractivity contribution in [3.05, 3.63) is 65.6 Å². The maximum Gasteiger partial charge on any atom is 0.272 e. The van der Waals surface area contributed by atoms with Gasteiger partial charge in [0.25, 0.3) is 5.91 Å². The van der Waals surface area contributed by atoms with Crippen molar-refractivity contribution < 1.29 is 9.18 Å². The summed E-state index contributed by atoms with van der Waals surface area (Å²) in [5.74, 6) is -0.608. The molecule has 0 radical (unpaired) electrons. The van der Waals surface area contributed by atoms with E-state index >= 15 is 0 Å². The molecule has 106 valence electrons. The van der Waals surface area contributed by atoms with Crippen LogP contribution in [0.25, 0.3) is 10.9 Å². The summed E-state index contributed by atoms with van der Waals surface area (Å²) < 4.78 is 13.2. The number of hydrogen-bond donors (Lipinski definition) is 2. The maximum atomic E-state index is 13.2. The van der Waals surface area contributed by atoms with Gasteiger partial charge in [-0.2, -0.15) is 5.10 Å². The number of carbonyl (C=O) groups is 1. The minimum Gasteiger partial charge on any atom is -0.344 e. The number of H-pyrrole nitrogens is 1. The number of hydrogen-bond acceptors (Lipinski definition) is 2. The number of aromatic nitrogens is 2. The molecule has 1 atom stereocenters. The van der Waals surface area contributed by atoms with Crippen molar-refractivity contribution in [1.82, 2.24) is 15.5 Å². The van der Waals surface area contributed by atoms with E-state index in [0.29, 0.717) is 11.3 Å². The zero-order chi connectivity index (χ0) is 14.8. The molecule has 0 saturated carbocycles. The lowest BCUT2D eigenvalue weighted by molar-refractivity contribution is 0.0936. The summed E-state index contributed by atoms with van der Waals surface area (Å²) in [7, 11) is 0. The molecule has 3 rings (SSSR count). The van der Waals surface area contributed by atoms with Gasteiger partial charge in [0, 0.05) is 5.39 Å². The van der Waals surface area contributed by atoms with E-state index < -0.39 is 0 Å². The quantitative estimate of drug-likeness (QED) is 0.775. The van der Waals surface area contributed by atoms with Crippen LogP contribution < -0.4 is 5.32 Å². The molecule has 1 aromatic heterocycles. The van der Waals surface area contributed by atoms with E-state index in [4.69, 9.17) is 0 Å². The molecule has 0 spiro atoms. The summed E-state index contributed by atoms with van der Waals surface area (Å²) in [6, 6.07) is 13.3. The first-order valence-corrected chi connectivity index (χ1v) is 6.64. The summed E-state index contributed by atoms with van der Waals surface area (Å²) >= 11 is 0. The van der Waals surface area contributed by atoms with Gasteiger partial charge < -0.3 is 5.32 Å². The molecular formula is C16H14FN3O. The third kappa shape index (κ3) is 2.63. The topological polar surface area (TPSA) is 57.8 Å². The number of aromatic amines is 1. The monoisotopic (exact) mass is 283 g/mol. The third-order valence-electron chi connectivity index (χ3n) is 3.38. The normalized spacial score (nSPS) is 12.3. The predicted octanol–water partition coefficient (Wildman–Crippen LogP) is 3.19. The average Bonchev–Trinajstić information content (AvgIpc) is 2.91. The van der Waals surface area contributed by atoms with E-state index in [2.05, 4.69) is 15.5 Å². The fourth-order valence-electron chi connectivity index (χ4n) is 2.26. The van der Waals surface area contributed by atoms with Gasteiger partial charge in [0.05, 0.1) is 11.6 Å². The van der Waals surface area contributed by atoms with Gasteiger partial charge in [-0.3, -0.25) is 9.89 Å². The fraction of sp³-hybridized carbons (Fsp3) is 0.125. The van der Waals surface area contributed by atoms with Gasteiger partial charge in [-0.15, -0.1) is 0 Å². The standard InChI is InChI=1S/C16H14FN3O/c1-10(11-5-4-6-12(17)9-11)18-16(21)15-13-7-2-3-8-14(13)19-20-15/h2-10H,1H3,(H,18,21)(H,19,20). The molecule has 0 saturated heterocycles. The Labute approximate surface area is 121 Å². The Balaban J connectivity index is 1.83. The van der Waals surface area contributed by atoms with Crippen molar-refractivity contribution >= 4 is 16.8 Å². The van der Waals surface area contributed by atoms with Crippen LogP contribution in [0.5, 0.6) is 0 Å². The molecule has 1 unspecified atom stereocenters. The first kappa shape index (κ1) is 13.3. The average molecular weight is 283 g/mol. The zero-order valence-electron chi connectivity index (χ0n) is 11.4. The van der Waals surface area contributed by atoms with Crippen LogP contribution >= 0.6 is 0 Å². The van der Waals surface area contributed by atoms with Gasteiger partial charge in [-0.1, -0.05) is 30.3 Å². The minimum atomic E-state index is -0.321. The first-order chi connectivity index (χ1) is 10.1. The van der Waals surface area contributed by atoms with Crippen molar-refractivity contribution in [1.29, 1.82) is 0 Å². The van der Waals surface area contributed by atoms with Gasteiger partial charge in [0.15, 0.2) is 5.69 Å². The first-order valence-electron chi connectivity index (χ1n) is 6.64. The number of benzene rings is 2. The molecular weight excluding hydrogens is 269 g/mol. The number of nitrogens with one attached hydrogen (secondary N) is 2. The van der Waals surface area contributed by atoms with E-state index in [1.54, 1.807) is 12.1 Å². The molecule has 0 bridgehead atoms. The highest BCUT2D eigenvalue weighted by Crippen LogP contribution is 2.18. The highest BCUT2D eigenvalue weighted by Gasteiger charge is 2.16. The number of amides is 1. The predicted molar refractivity (Wildman–Crippen MR) is 78.4 cm³/mol. The minimum absolute atomic E-state index is 0.288. The Morgan fingerprint density at radius 2 is 2.05 bits per heavy atom. The van der Waals surface area contributed by atoms with E-state index in [1.165, 1.54) is 12.1 Å². The van der Waals surface area contributed by atoms with Gasteiger partial charge in [-0.05, 0) is 30.7 Å². The lowest BCUT2D eigenvalue weighted by Crippen LogP contribution is -2.27. The molecule has 0 aliphatic rings. The summed E-state index contributed by atoms with van der Waals surface area (Å²) in [6.07, 6.45) is 0. The second-order valence-electron chi connectivity index (χ2n) is 4.87. The molecule has 0 aliphatic heterocycles. The van der Waals surface area contributed by atoms with Crippen LogP contribution in [0.1, 0.15) is 29.0 Å². The number of para-hydroxylation sites is 1. The van der Waals surface area contributed by atoms with Crippen molar-refractivity contribution in [2.75, 3.05) is 0 Å². The van der Waals surface area contributed by atoms with E-state index in [9.17, 15) is 9.18 Å². The van der Waals surface area contributed by atoms with E-state index in [1.807, 2.05) is 31.2 Å². The van der Waals surface area contributed by atoms with Crippen molar-refractivity contribution in [3.63, 3.8) is 0 Å². The molecule has 21 heavy (non-hydrogen) atoms. The molecule has 1 heterocycles. The number of halogens is 1. The second kappa shape index (κ2) is 5.36. The second-order valence-corrected chi connectivity index (χ2v) is 4.87. The van der Waals surface area contributed by atoms with Crippen LogP contribution in [-0.2, 0) is 0 Å². The third-order valence-corrected chi connectivity index (χ3v) is 3.38. The molecule has 2 aromatic carbocycles. The van der Waals surface area contributed by atoms with Crippen molar-refractivity contribution in [2.24, 2.45) is 0 Å². The van der Waals surface area contributed by atoms with Crippen LogP contribution in [0.4, 0.5) is 4.39 Å². The summed E-state index contributed by atoms with van der Waals surface area (Å²) in [5, 5.41) is 10.5. The highest BCUT2D eigenvalue weighted by atomic mass is 19.1. The smallest absolute Gasteiger partial charge is 0.272 e. The Morgan fingerprint density at radius 3 is 2.86 bits per heavy atom. The van der Waals surface area contributed by atoms with Gasteiger partial charge >= 0.3 is 0 Å². The number of nitrogens with zero attached hydrogens (tertiary/aromatic N) is 1. The van der Waals surface area contributed by atoms with Crippen LogP contribution in [-0.4, -0.2) is 16.1 Å². The summed E-state index contributed by atoms with van der Waals surface area (Å²) in [6.45, 7) is 1.81. The molecule has 3 aromatic rings. The van der Waals surface area contributed by atoms with Crippen LogP contribution in [0, 0.1) is 5.82 Å². The Morgan fingerprint density at radius 1 is 1.24 bits per heavy atom. The largest absolute Gasteiger partial charge is 0.344 e. The van der Waals surface area contributed by atoms with Gasteiger partial charge in [0.1, 0.15) is 5.82 Å². The SMILES string of the molecule is CC(NC(=O)c1n[nH]c2ccccc12)c1cccc(F)c1. The molecule has 0 fully saturated rings. The van der Waals surface area contributed by atoms with Crippen LogP contribution in [0.15, 0.2) is 48.5 Å². The summed E-state index contributed by atoms with van der Waals surface area (Å²) in [4.78, 5) is 12.3. The lowest BCUT2D eigenvalue weighted by atomic mass is 10.1. The van der Waals surface area contributed by atoms with Gasteiger partial charge in [-0.25, -0.2) is 4.39 Å². The highest BCUT2D eigenvalue weighted by molar-refractivity contribution is 6.04. The Hall–Kier alpha value is -2.69. The molecule has 1 amide bonds. The number of fused-ring (bicyclic) bond motifs is 1. The van der Waals surface area contributed by atoms with Crippen molar-refractivity contribution in [3.8, 4) is 0 Å². The maximum absolute atomic E-state index is 13.2. The molecule has 4 nitrogen and oxygen atoms in total. The van der Waals surface area contributed by atoms with Crippen LogP contribution in [0.3, 0.4) is 0 Å². The van der Waals surface area contributed by atoms with E-state index in [0.717, 1.165) is 10.9 Å². The fourth-order valence-corrected chi connectivity index (χ4v) is 2.26. The Kier molecular flexibility index (Phi) is 3.39. The van der Waals surface area contributed by atoms with Gasteiger partial charge in [0.2, 0.25) is 0 Å². The number of carbonyl (C=O) groups excluding carboxylic acids is 1.